The molecule has 0 spiro atoms. The van der Waals surface area contributed by atoms with Crippen molar-refractivity contribution in [3.8, 4) is 17.4 Å². The topological polar surface area (TPSA) is 85.7 Å². The van der Waals surface area contributed by atoms with Crippen LogP contribution in [0.3, 0.4) is 0 Å². The first-order valence-electron chi connectivity index (χ1n) is 6.68. The van der Waals surface area contributed by atoms with Crippen molar-refractivity contribution in [1.29, 1.82) is 0 Å². The molecule has 0 bridgehead atoms. The lowest BCUT2D eigenvalue weighted by atomic mass is 10.2. The van der Waals surface area contributed by atoms with E-state index in [2.05, 4.69) is 18.1 Å². The lowest BCUT2D eigenvalue weighted by Crippen LogP contribution is -2.13. The van der Waals surface area contributed by atoms with E-state index in [1.54, 1.807) is 24.3 Å². The third kappa shape index (κ3) is 4.02. The summed E-state index contributed by atoms with van der Waals surface area (Å²) in [7, 11) is 0. The molecule has 1 aromatic carbocycles. The van der Waals surface area contributed by atoms with Crippen LogP contribution in [0.4, 0.5) is 0 Å². The normalized spacial score (nSPS) is 9.75. The number of nitrogens with zero attached hydrogens (tertiary/aromatic N) is 1. The van der Waals surface area contributed by atoms with Crippen molar-refractivity contribution in [2.45, 2.75) is 13.8 Å². The summed E-state index contributed by atoms with van der Waals surface area (Å²) in [6.07, 6.45) is 0. The maximum absolute atomic E-state index is 11.9. The molecule has 0 fully saturated rings. The van der Waals surface area contributed by atoms with E-state index in [1.807, 2.05) is 0 Å². The molecular formula is C17H15AlNO5. The van der Waals surface area contributed by atoms with Gasteiger partial charge in [-0.2, -0.15) is 0 Å². The van der Waals surface area contributed by atoms with Crippen LogP contribution in [0.15, 0.2) is 48.6 Å². The van der Waals surface area contributed by atoms with Gasteiger partial charge in [-0.05, 0) is 26.0 Å². The van der Waals surface area contributed by atoms with Crippen molar-refractivity contribution in [3.05, 3.63) is 48.6 Å². The molecular weight excluding hydrogens is 325 g/mol. The van der Waals surface area contributed by atoms with Gasteiger partial charge in [-0.3, -0.25) is 0 Å². The second kappa shape index (κ2) is 7.78. The van der Waals surface area contributed by atoms with E-state index in [0.29, 0.717) is 10.9 Å². The van der Waals surface area contributed by atoms with E-state index in [4.69, 9.17) is 9.47 Å². The number of benzene rings is 1. The fourth-order valence-corrected chi connectivity index (χ4v) is 1.70. The second-order valence-electron chi connectivity index (χ2n) is 4.95. The first-order valence-corrected chi connectivity index (χ1v) is 6.68. The Morgan fingerprint density at radius 1 is 1.00 bits per heavy atom. The average molecular weight is 340 g/mol. The molecule has 2 aromatic rings. The number of aromatic nitrogens is 1. The summed E-state index contributed by atoms with van der Waals surface area (Å²) in [5.74, 6) is -2.50. The van der Waals surface area contributed by atoms with Gasteiger partial charge in [-0.25, -0.2) is 14.6 Å². The monoisotopic (exact) mass is 340 g/mol. The Kier molecular flexibility index (Phi) is 6.29. The zero-order valence-corrected chi connectivity index (χ0v) is 14.5. The molecule has 0 aliphatic carbocycles. The third-order valence-corrected chi connectivity index (χ3v) is 2.87. The minimum absolute atomic E-state index is 0. The van der Waals surface area contributed by atoms with Gasteiger partial charge in [0.15, 0.2) is 5.75 Å². The van der Waals surface area contributed by atoms with Crippen molar-refractivity contribution >= 4 is 40.2 Å². The number of hydrogen-bond acceptors (Lipinski definition) is 6. The van der Waals surface area contributed by atoms with Crippen LogP contribution < -0.4 is 9.47 Å². The molecule has 121 valence electrons. The van der Waals surface area contributed by atoms with Crippen LogP contribution in [0.5, 0.6) is 17.4 Å². The Balaban J connectivity index is 0.00000288. The van der Waals surface area contributed by atoms with E-state index in [9.17, 15) is 14.7 Å². The SMILES string of the molecule is C=C(C)C(=O)Oc1c(O)nc2ccccc2c1OC(=O)C(=C)C.[Al]. The zero-order chi connectivity index (χ0) is 17.1. The predicted molar refractivity (Wildman–Crippen MR) is 90.1 cm³/mol. The summed E-state index contributed by atoms with van der Waals surface area (Å²) in [6.45, 7) is 9.89. The minimum atomic E-state index is -0.773. The van der Waals surface area contributed by atoms with Crippen LogP contribution in [-0.4, -0.2) is 39.4 Å². The molecule has 6 nitrogen and oxygen atoms in total. The number of rotatable bonds is 4. The molecule has 0 saturated heterocycles. The summed E-state index contributed by atoms with van der Waals surface area (Å²) in [4.78, 5) is 27.5. The number of carbonyl (C=O) groups is 2. The molecule has 2 rings (SSSR count). The van der Waals surface area contributed by atoms with Crippen molar-refractivity contribution in [1.82, 2.24) is 4.98 Å². The summed E-state index contributed by atoms with van der Waals surface area (Å²) in [5.41, 5.74) is 0.655. The predicted octanol–water partition coefficient (Wildman–Crippen LogP) is 2.52. The number of aromatic hydroxyl groups is 1. The highest BCUT2D eigenvalue weighted by Gasteiger charge is 2.23. The van der Waals surface area contributed by atoms with Gasteiger partial charge in [-0.1, -0.05) is 25.3 Å². The largest absolute Gasteiger partial charge is 0.491 e. The quantitative estimate of drug-likeness (QED) is 0.523. The van der Waals surface area contributed by atoms with E-state index in [0.717, 1.165) is 0 Å². The first kappa shape index (κ1) is 19.4. The molecule has 0 saturated carbocycles. The Hall–Kier alpha value is -2.62. The molecule has 7 heteroatoms. The molecule has 1 heterocycles. The Morgan fingerprint density at radius 3 is 2.04 bits per heavy atom. The Morgan fingerprint density at radius 2 is 1.50 bits per heavy atom. The van der Waals surface area contributed by atoms with Gasteiger partial charge < -0.3 is 14.6 Å². The van der Waals surface area contributed by atoms with Crippen LogP contribution in [-0.2, 0) is 9.59 Å². The molecule has 3 radical (unpaired) electrons. The number of carbonyl (C=O) groups excluding carboxylic acids is 2. The minimum Gasteiger partial charge on any atom is -0.491 e. The zero-order valence-electron chi connectivity index (χ0n) is 13.3. The maximum Gasteiger partial charge on any atom is 0.338 e. The van der Waals surface area contributed by atoms with Crippen LogP contribution in [0.2, 0.25) is 0 Å². The lowest BCUT2D eigenvalue weighted by Gasteiger charge is -2.14. The molecule has 0 amide bonds. The highest BCUT2D eigenvalue weighted by molar-refractivity contribution is 5.97. The van der Waals surface area contributed by atoms with Gasteiger partial charge in [-0.15, -0.1) is 0 Å². The van der Waals surface area contributed by atoms with Gasteiger partial charge in [0.2, 0.25) is 5.75 Å². The number of hydrogen-bond donors (Lipinski definition) is 1. The molecule has 0 atom stereocenters. The van der Waals surface area contributed by atoms with Crippen molar-refractivity contribution in [2.75, 3.05) is 0 Å². The highest BCUT2D eigenvalue weighted by Crippen LogP contribution is 2.41. The van der Waals surface area contributed by atoms with Gasteiger partial charge >= 0.3 is 11.9 Å². The second-order valence-corrected chi connectivity index (χ2v) is 4.95. The van der Waals surface area contributed by atoms with E-state index in [1.165, 1.54) is 13.8 Å². The molecule has 0 unspecified atom stereocenters. The van der Waals surface area contributed by atoms with E-state index >= 15 is 0 Å². The van der Waals surface area contributed by atoms with E-state index in [-0.39, 0.29) is 40.0 Å². The lowest BCUT2D eigenvalue weighted by molar-refractivity contribution is -0.132. The number of pyridine rings is 1. The first-order chi connectivity index (χ1) is 10.8. The van der Waals surface area contributed by atoms with Gasteiger partial charge in [0.05, 0.1) is 5.52 Å². The van der Waals surface area contributed by atoms with Crippen molar-refractivity contribution in [3.63, 3.8) is 0 Å². The fourth-order valence-electron chi connectivity index (χ4n) is 1.70. The number of fused-ring (bicyclic) bond motifs is 1. The fraction of sp³-hybridized carbons (Fsp3) is 0.118. The summed E-state index contributed by atoms with van der Waals surface area (Å²) < 4.78 is 10.3. The van der Waals surface area contributed by atoms with Gasteiger partial charge in [0.25, 0.3) is 5.88 Å². The summed E-state index contributed by atoms with van der Waals surface area (Å²) in [5, 5.41) is 10.4. The van der Waals surface area contributed by atoms with Gasteiger partial charge in [0, 0.05) is 33.9 Å². The van der Waals surface area contributed by atoms with Crippen molar-refractivity contribution < 1.29 is 24.2 Å². The summed E-state index contributed by atoms with van der Waals surface area (Å²) in [6, 6.07) is 6.65. The standard InChI is InChI=1S/C17H15NO5.Al/c1-9(2)16(20)22-13-11-7-5-6-8-12(11)18-15(19)14(13)23-17(21)10(3)4;/h5-8H,1,3H2,2,4H3,(H,18,19);. The molecule has 0 aliphatic heterocycles. The molecule has 1 N–H and O–H groups in total. The Labute approximate surface area is 149 Å². The van der Waals surface area contributed by atoms with Crippen molar-refractivity contribution in [2.24, 2.45) is 0 Å². The molecule has 24 heavy (non-hydrogen) atoms. The maximum atomic E-state index is 11.9. The van der Waals surface area contributed by atoms with Gasteiger partial charge in [0.1, 0.15) is 0 Å². The smallest absolute Gasteiger partial charge is 0.338 e. The van der Waals surface area contributed by atoms with Crippen LogP contribution in [0.25, 0.3) is 10.9 Å². The number of ether oxygens (including phenoxy) is 2. The van der Waals surface area contributed by atoms with Crippen LogP contribution >= 0.6 is 0 Å². The third-order valence-electron chi connectivity index (χ3n) is 2.87. The number of para-hydroxylation sites is 1. The van der Waals surface area contributed by atoms with Crippen LogP contribution in [0, 0.1) is 0 Å². The number of esters is 2. The summed E-state index contributed by atoms with van der Waals surface area (Å²) >= 11 is 0. The average Bonchev–Trinajstić information content (AvgIpc) is 2.49. The highest BCUT2D eigenvalue weighted by atomic mass is 27.0. The molecule has 0 aliphatic rings. The molecule has 1 aromatic heterocycles. The van der Waals surface area contributed by atoms with Crippen LogP contribution in [0.1, 0.15) is 13.8 Å². The Bertz CT molecular complexity index is 844. The van der Waals surface area contributed by atoms with E-state index < -0.39 is 17.8 Å².